The highest BCUT2D eigenvalue weighted by Gasteiger charge is 2.22. The van der Waals surface area contributed by atoms with Gasteiger partial charge in [-0.3, -0.25) is 5.41 Å². The molecule has 0 bridgehead atoms. The third kappa shape index (κ3) is 2.63. The van der Waals surface area contributed by atoms with Crippen LogP contribution in [0.2, 0.25) is 5.02 Å². The standard InChI is InChI=1S/C11H13ClN2O/c12-8-3-4-10(9(5-8)11(13)14)15-6-7-1-2-7/h3-5,7H,1-2,6H2,(H3,13,14). The molecule has 1 aromatic carbocycles. The van der Waals surface area contributed by atoms with Crippen molar-refractivity contribution in [2.45, 2.75) is 12.8 Å². The van der Waals surface area contributed by atoms with Gasteiger partial charge in [0.05, 0.1) is 12.2 Å². The smallest absolute Gasteiger partial charge is 0.130 e. The van der Waals surface area contributed by atoms with Crippen molar-refractivity contribution < 1.29 is 4.74 Å². The topological polar surface area (TPSA) is 59.1 Å². The van der Waals surface area contributed by atoms with Crippen molar-refractivity contribution in [3.05, 3.63) is 28.8 Å². The summed E-state index contributed by atoms with van der Waals surface area (Å²) in [6, 6.07) is 5.17. The second kappa shape index (κ2) is 4.11. The van der Waals surface area contributed by atoms with E-state index in [1.165, 1.54) is 12.8 Å². The summed E-state index contributed by atoms with van der Waals surface area (Å²) in [6.07, 6.45) is 2.48. The lowest BCUT2D eigenvalue weighted by Gasteiger charge is -2.10. The highest BCUT2D eigenvalue weighted by molar-refractivity contribution is 6.31. The summed E-state index contributed by atoms with van der Waals surface area (Å²) < 4.78 is 5.60. The van der Waals surface area contributed by atoms with Crippen LogP contribution >= 0.6 is 11.6 Å². The average molecular weight is 225 g/mol. The van der Waals surface area contributed by atoms with Crippen molar-refractivity contribution in [3.8, 4) is 5.75 Å². The number of ether oxygens (including phenoxy) is 1. The van der Waals surface area contributed by atoms with Crippen LogP contribution in [0.25, 0.3) is 0 Å². The summed E-state index contributed by atoms with van der Waals surface area (Å²) in [5.41, 5.74) is 6.02. The molecular formula is C11H13ClN2O. The van der Waals surface area contributed by atoms with Crippen LogP contribution in [0.4, 0.5) is 0 Å². The van der Waals surface area contributed by atoms with Gasteiger partial charge in [0.25, 0.3) is 0 Å². The van der Waals surface area contributed by atoms with Crippen LogP contribution in [0.3, 0.4) is 0 Å². The zero-order chi connectivity index (χ0) is 10.8. The zero-order valence-corrected chi connectivity index (χ0v) is 9.05. The molecular weight excluding hydrogens is 212 g/mol. The van der Waals surface area contributed by atoms with Gasteiger partial charge in [-0.05, 0) is 37.0 Å². The van der Waals surface area contributed by atoms with Gasteiger partial charge in [0.15, 0.2) is 0 Å². The van der Waals surface area contributed by atoms with Crippen molar-refractivity contribution in [3.63, 3.8) is 0 Å². The highest BCUT2D eigenvalue weighted by Crippen LogP contribution is 2.30. The summed E-state index contributed by atoms with van der Waals surface area (Å²) in [4.78, 5) is 0. The van der Waals surface area contributed by atoms with Crippen LogP contribution in [0.1, 0.15) is 18.4 Å². The SMILES string of the molecule is N=C(N)c1cc(Cl)ccc1OCC1CC1. The van der Waals surface area contributed by atoms with Crippen LogP contribution in [0.5, 0.6) is 5.75 Å². The van der Waals surface area contributed by atoms with Crippen LogP contribution in [-0.2, 0) is 0 Å². The first-order valence-electron chi connectivity index (χ1n) is 4.93. The first-order valence-corrected chi connectivity index (χ1v) is 5.31. The molecule has 0 spiro atoms. The van der Waals surface area contributed by atoms with Gasteiger partial charge in [0.2, 0.25) is 0 Å². The Labute approximate surface area is 93.7 Å². The molecule has 1 aliphatic carbocycles. The van der Waals surface area contributed by atoms with Gasteiger partial charge < -0.3 is 10.5 Å². The minimum Gasteiger partial charge on any atom is -0.493 e. The fourth-order valence-electron chi connectivity index (χ4n) is 1.33. The van der Waals surface area contributed by atoms with E-state index >= 15 is 0 Å². The molecule has 0 amide bonds. The third-order valence-corrected chi connectivity index (χ3v) is 2.64. The lowest BCUT2D eigenvalue weighted by molar-refractivity contribution is 0.299. The summed E-state index contributed by atoms with van der Waals surface area (Å²) in [7, 11) is 0. The number of hydrogen-bond acceptors (Lipinski definition) is 2. The molecule has 1 aliphatic rings. The van der Waals surface area contributed by atoms with Crippen LogP contribution in [-0.4, -0.2) is 12.4 Å². The molecule has 1 aromatic rings. The van der Waals surface area contributed by atoms with Crippen molar-refractivity contribution in [1.29, 1.82) is 5.41 Å². The molecule has 80 valence electrons. The summed E-state index contributed by atoms with van der Waals surface area (Å²) in [5, 5.41) is 7.98. The normalized spacial score (nSPS) is 15.0. The molecule has 1 saturated carbocycles. The lowest BCUT2D eigenvalue weighted by atomic mass is 10.2. The number of halogens is 1. The van der Waals surface area contributed by atoms with E-state index in [2.05, 4.69) is 0 Å². The number of rotatable bonds is 4. The Balaban J connectivity index is 2.15. The van der Waals surface area contributed by atoms with Crippen molar-refractivity contribution in [2.24, 2.45) is 11.7 Å². The van der Waals surface area contributed by atoms with E-state index in [1.54, 1.807) is 18.2 Å². The molecule has 0 saturated heterocycles. The van der Waals surface area contributed by atoms with E-state index in [9.17, 15) is 0 Å². The molecule has 1 fully saturated rings. The van der Waals surface area contributed by atoms with Gasteiger partial charge in [0.1, 0.15) is 11.6 Å². The zero-order valence-electron chi connectivity index (χ0n) is 8.29. The van der Waals surface area contributed by atoms with E-state index in [0.717, 1.165) is 0 Å². The number of amidine groups is 1. The minimum atomic E-state index is -0.0108. The second-order valence-electron chi connectivity index (χ2n) is 3.81. The fraction of sp³-hybridized carbons (Fsp3) is 0.364. The maximum absolute atomic E-state index is 7.41. The Bertz CT molecular complexity index is 388. The summed E-state index contributed by atoms with van der Waals surface area (Å²) >= 11 is 5.83. The molecule has 2 rings (SSSR count). The quantitative estimate of drug-likeness (QED) is 0.610. The Kier molecular flexibility index (Phi) is 2.82. The van der Waals surface area contributed by atoms with Gasteiger partial charge in [0, 0.05) is 5.02 Å². The fourth-order valence-corrected chi connectivity index (χ4v) is 1.50. The lowest BCUT2D eigenvalue weighted by Crippen LogP contribution is -2.13. The molecule has 0 atom stereocenters. The van der Waals surface area contributed by atoms with Crippen LogP contribution in [0, 0.1) is 11.3 Å². The van der Waals surface area contributed by atoms with Crippen LogP contribution in [0.15, 0.2) is 18.2 Å². The Hall–Kier alpha value is -1.22. The highest BCUT2D eigenvalue weighted by atomic mass is 35.5. The summed E-state index contributed by atoms with van der Waals surface area (Å²) in [5.74, 6) is 1.32. The van der Waals surface area contributed by atoms with Crippen LogP contribution < -0.4 is 10.5 Å². The molecule has 4 heteroatoms. The third-order valence-electron chi connectivity index (χ3n) is 2.40. The largest absolute Gasteiger partial charge is 0.493 e. The van der Waals surface area contributed by atoms with Crippen molar-refractivity contribution in [1.82, 2.24) is 0 Å². The van der Waals surface area contributed by atoms with E-state index in [1.807, 2.05) is 0 Å². The first-order chi connectivity index (χ1) is 7.16. The predicted octanol–water partition coefficient (Wildman–Crippen LogP) is 2.41. The van der Waals surface area contributed by atoms with E-state index in [4.69, 9.17) is 27.5 Å². The van der Waals surface area contributed by atoms with Crippen molar-refractivity contribution >= 4 is 17.4 Å². The van der Waals surface area contributed by atoms with Gasteiger partial charge in [-0.2, -0.15) is 0 Å². The Morgan fingerprint density at radius 3 is 2.87 bits per heavy atom. The molecule has 0 unspecified atom stereocenters. The number of nitrogens with one attached hydrogen (secondary N) is 1. The summed E-state index contributed by atoms with van der Waals surface area (Å²) in [6.45, 7) is 0.710. The van der Waals surface area contributed by atoms with Crippen molar-refractivity contribution in [2.75, 3.05) is 6.61 Å². The van der Waals surface area contributed by atoms with Gasteiger partial charge in [-0.15, -0.1) is 0 Å². The molecule has 0 radical (unpaired) electrons. The maximum Gasteiger partial charge on any atom is 0.130 e. The molecule has 0 heterocycles. The van der Waals surface area contributed by atoms with Gasteiger partial charge >= 0.3 is 0 Å². The monoisotopic (exact) mass is 224 g/mol. The van der Waals surface area contributed by atoms with E-state index in [-0.39, 0.29) is 5.84 Å². The molecule has 3 nitrogen and oxygen atoms in total. The molecule has 0 aromatic heterocycles. The Morgan fingerprint density at radius 2 is 2.27 bits per heavy atom. The number of nitrogens with two attached hydrogens (primary N) is 1. The molecule has 15 heavy (non-hydrogen) atoms. The molecule has 0 aliphatic heterocycles. The Morgan fingerprint density at radius 1 is 1.53 bits per heavy atom. The first kappa shape index (κ1) is 10.3. The minimum absolute atomic E-state index is 0.0108. The number of hydrogen-bond donors (Lipinski definition) is 2. The van der Waals surface area contributed by atoms with Gasteiger partial charge in [-0.1, -0.05) is 11.6 Å². The predicted molar refractivity (Wildman–Crippen MR) is 60.7 cm³/mol. The van der Waals surface area contributed by atoms with E-state index in [0.29, 0.717) is 28.9 Å². The number of nitrogen functional groups attached to an aromatic ring is 1. The van der Waals surface area contributed by atoms with E-state index < -0.39 is 0 Å². The number of benzene rings is 1. The maximum atomic E-state index is 7.41. The molecule has 3 N–H and O–H groups in total. The van der Waals surface area contributed by atoms with Gasteiger partial charge in [-0.25, -0.2) is 0 Å². The second-order valence-corrected chi connectivity index (χ2v) is 4.24. The average Bonchev–Trinajstić information content (AvgIpc) is 2.99.